The van der Waals surface area contributed by atoms with Crippen LogP contribution in [0.1, 0.15) is 17.3 Å². The maximum atomic E-state index is 13.5. The second-order valence-electron chi connectivity index (χ2n) is 5.01. The van der Waals surface area contributed by atoms with Crippen molar-refractivity contribution in [3.05, 3.63) is 58.9 Å². The molecule has 0 aliphatic carbocycles. The minimum Gasteiger partial charge on any atom is -0.452 e. The van der Waals surface area contributed by atoms with Gasteiger partial charge in [-0.05, 0) is 36.4 Å². The minimum atomic E-state index is -0.756. The van der Waals surface area contributed by atoms with E-state index in [4.69, 9.17) is 16.3 Å². The molecule has 0 heterocycles. The Bertz CT molecular complexity index is 826. The van der Waals surface area contributed by atoms with Crippen molar-refractivity contribution in [2.24, 2.45) is 0 Å². The molecule has 2 N–H and O–H groups in total. The van der Waals surface area contributed by atoms with E-state index >= 15 is 0 Å². The van der Waals surface area contributed by atoms with Gasteiger partial charge in [-0.1, -0.05) is 17.7 Å². The molecule has 2 aromatic carbocycles. The second kappa shape index (κ2) is 8.25. The van der Waals surface area contributed by atoms with E-state index < -0.39 is 24.3 Å². The maximum Gasteiger partial charge on any atom is 0.338 e. The molecule has 6 nitrogen and oxygen atoms in total. The van der Waals surface area contributed by atoms with E-state index in [9.17, 15) is 18.8 Å². The number of carbonyl (C=O) groups excluding carboxylic acids is 3. The third kappa shape index (κ3) is 5.58. The van der Waals surface area contributed by atoms with Gasteiger partial charge in [0.05, 0.1) is 11.3 Å². The van der Waals surface area contributed by atoms with Gasteiger partial charge in [-0.25, -0.2) is 9.18 Å². The van der Waals surface area contributed by atoms with Crippen molar-refractivity contribution in [1.82, 2.24) is 0 Å². The van der Waals surface area contributed by atoms with Crippen molar-refractivity contribution >= 4 is 40.8 Å². The van der Waals surface area contributed by atoms with Gasteiger partial charge in [0.2, 0.25) is 5.91 Å². The summed E-state index contributed by atoms with van der Waals surface area (Å²) >= 11 is 5.73. The molecule has 0 saturated carbocycles. The van der Waals surface area contributed by atoms with Crippen LogP contribution in [0, 0.1) is 5.82 Å². The number of esters is 1. The summed E-state index contributed by atoms with van der Waals surface area (Å²) in [6.07, 6.45) is 0. The normalized spacial score (nSPS) is 10.0. The number of rotatable bonds is 5. The lowest BCUT2D eigenvalue weighted by Crippen LogP contribution is -2.21. The van der Waals surface area contributed by atoms with Crippen LogP contribution in [0.3, 0.4) is 0 Å². The molecule has 0 atom stereocenters. The Morgan fingerprint density at radius 2 is 1.88 bits per heavy atom. The van der Waals surface area contributed by atoms with Crippen molar-refractivity contribution in [1.29, 1.82) is 0 Å². The fourth-order valence-corrected chi connectivity index (χ4v) is 2.09. The molecule has 8 heteroatoms. The van der Waals surface area contributed by atoms with Gasteiger partial charge in [0.25, 0.3) is 5.91 Å². The molecule has 25 heavy (non-hydrogen) atoms. The third-order valence-electron chi connectivity index (χ3n) is 2.96. The summed E-state index contributed by atoms with van der Waals surface area (Å²) in [7, 11) is 0. The van der Waals surface area contributed by atoms with E-state index in [1.54, 1.807) is 12.1 Å². The molecule has 0 fully saturated rings. The fourth-order valence-electron chi connectivity index (χ4n) is 1.92. The number of amides is 2. The van der Waals surface area contributed by atoms with Crippen molar-refractivity contribution in [3.8, 4) is 0 Å². The molecular weight excluding hydrogens is 351 g/mol. The number of halogens is 2. The Morgan fingerprint density at radius 1 is 1.12 bits per heavy atom. The van der Waals surface area contributed by atoms with Crippen LogP contribution in [-0.2, 0) is 14.3 Å². The Labute approximate surface area is 147 Å². The zero-order chi connectivity index (χ0) is 18.4. The molecule has 2 rings (SSSR count). The molecular formula is C17H14ClFN2O4. The van der Waals surface area contributed by atoms with Crippen LogP contribution in [0.5, 0.6) is 0 Å². The minimum absolute atomic E-state index is 0.110. The summed E-state index contributed by atoms with van der Waals surface area (Å²) in [4.78, 5) is 34.7. The molecule has 0 aliphatic rings. The monoisotopic (exact) mass is 364 g/mol. The maximum absolute atomic E-state index is 13.5. The highest BCUT2D eigenvalue weighted by molar-refractivity contribution is 6.30. The first-order valence-corrected chi connectivity index (χ1v) is 7.52. The van der Waals surface area contributed by atoms with Crippen LogP contribution in [0.25, 0.3) is 0 Å². The standard InChI is InChI=1S/C17H14ClFN2O4/c1-10(22)20-13-4-2-3-11(7-13)17(24)25-9-16(23)21-15-8-12(18)5-6-14(15)19/h2-8H,9H2,1H3,(H,20,22)(H,21,23). The van der Waals surface area contributed by atoms with E-state index in [2.05, 4.69) is 10.6 Å². The van der Waals surface area contributed by atoms with Crippen LogP contribution in [0.15, 0.2) is 42.5 Å². The molecule has 0 unspecified atom stereocenters. The van der Waals surface area contributed by atoms with Gasteiger partial charge < -0.3 is 15.4 Å². The Morgan fingerprint density at radius 3 is 2.60 bits per heavy atom. The molecule has 0 spiro atoms. The molecule has 2 amide bonds. The average Bonchev–Trinajstić information content (AvgIpc) is 2.55. The number of hydrogen-bond acceptors (Lipinski definition) is 4. The lowest BCUT2D eigenvalue weighted by molar-refractivity contribution is -0.119. The zero-order valence-electron chi connectivity index (χ0n) is 13.1. The highest BCUT2D eigenvalue weighted by atomic mass is 35.5. The molecule has 2 aromatic rings. The van der Waals surface area contributed by atoms with E-state index in [0.717, 1.165) is 6.07 Å². The van der Waals surface area contributed by atoms with Gasteiger partial charge in [0.1, 0.15) is 5.82 Å². The predicted octanol–water partition coefficient (Wildman–Crippen LogP) is 3.23. The first kappa shape index (κ1) is 18.4. The van der Waals surface area contributed by atoms with Gasteiger partial charge in [-0.3, -0.25) is 9.59 Å². The van der Waals surface area contributed by atoms with Gasteiger partial charge in [0, 0.05) is 17.6 Å². The Hall–Kier alpha value is -2.93. The number of benzene rings is 2. The first-order chi connectivity index (χ1) is 11.8. The van der Waals surface area contributed by atoms with E-state index in [-0.39, 0.29) is 22.2 Å². The molecule has 0 saturated heterocycles. The van der Waals surface area contributed by atoms with Crippen molar-refractivity contribution in [3.63, 3.8) is 0 Å². The zero-order valence-corrected chi connectivity index (χ0v) is 13.9. The van der Waals surface area contributed by atoms with Crippen LogP contribution < -0.4 is 10.6 Å². The number of nitrogens with one attached hydrogen (secondary N) is 2. The number of carbonyl (C=O) groups is 3. The van der Waals surface area contributed by atoms with Crippen molar-refractivity contribution < 1.29 is 23.5 Å². The molecule has 0 bridgehead atoms. The Kier molecular flexibility index (Phi) is 6.08. The highest BCUT2D eigenvalue weighted by Gasteiger charge is 2.13. The van der Waals surface area contributed by atoms with Crippen molar-refractivity contribution in [2.75, 3.05) is 17.2 Å². The molecule has 0 aliphatic heterocycles. The molecule has 0 aromatic heterocycles. The van der Waals surface area contributed by atoms with E-state index in [1.165, 1.54) is 31.2 Å². The van der Waals surface area contributed by atoms with Crippen LogP contribution in [-0.4, -0.2) is 24.4 Å². The van der Waals surface area contributed by atoms with E-state index in [1.807, 2.05) is 0 Å². The summed E-state index contributed by atoms with van der Waals surface area (Å²) in [5.41, 5.74) is 0.474. The fraction of sp³-hybridized carbons (Fsp3) is 0.118. The van der Waals surface area contributed by atoms with E-state index in [0.29, 0.717) is 5.69 Å². The van der Waals surface area contributed by atoms with Gasteiger partial charge in [-0.15, -0.1) is 0 Å². The second-order valence-corrected chi connectivity index (χ2v) is 5.45. The summed E-state index contributed by atoms with van der Waals surface area (Å²) in [6.45, 7) is 0.736. The van der Waals surface area contributed by atoms with Crippen molar-refractivity contribution in [2.45, 2.75) is 6.92 Å². The summed E-state index contributed by atoms with van der Waals surface area (Å²) < 4.78 is 18.4. The first-order valence-electron chi connectivity index (χ1n) is 7.15. The number of anilines is 2. The highest BCUT2D eigenvalue weighted by Crippen LogP contribution is 2.19. The molecule has 130 valence electrons. The van der Waals surface area contributed by atoms with Crippen LogP contribution in [0.4, 0.5) is 15.8 Å². The lowest BCUT2D eigenvalue weighted by Gasteiger charge is -2.08. The number of ether oxygens (including phenoxy) is 1. The number of hydrogen-bond donors (Lipinski definition) is 2. The smallest absolute Gasteiger partial charge is 0.338 e. The Balaban J connectivity index is 1.94. The van der Waals surface area contributed by atoms with Gasteiger partial charge in [0.15, 0.2) is 6.61 Å². The van der Waals surface area contributed by atoms with Crippen LogP contribution in [0.2, 0.25) is 5.02 Å². The average molecular weight is 365 g/mol. The van der Waals surface area contributed by atoms with Gasteiger partial charge in [-0.2, -0.15) is 0 Å². The third-order valence-corrected chi connectivity index (χ3v) is 3.19. The summed E-state index contributed by atoms with van der Waals surface area (Å²) in [5.74, 6) is -2.41. The summed E-state index contributed by atoms with van der Waals surface area (Å²) in [6, 6.07) is 9.75. The topological polar surface area (TPSA) is 84.5 Å². The molecule has 0 radical (unpaired) electrons. The largest absolute Gasteiger partial charge is 0.452 e. The predicted molar refractivity (Wildman–Crippen MR) is 91.1 cm³/mol. The van der Waals surface area contributed by atoms with Crippen LogP contribution >= 0.6 is 11.6 Å². The quantitative estimate of drug-likeness (QED) is 0.798. The SMILES string of the molecule is CC(=O)Nc1cccc(C(=O)OCC(=O)Nc2cc(Cl)ccc2F)c1. The summed E-state index contributed by atoms with van der Waals surface area (Å²) in [5, 5.41) is 5.04. The lowest BCUT2D eigenvalue weighted by atomic mass is 10.2. The van der Waals surface area contributed by atoms with Gasteiger partial charge >= 0.3 is 5.97 Å².